The van der Waals surface area contributed by atoms with Gasteiger partial charge >= 0.3 is 5.97 Å². The van der Waals surface area contributed by atoms with Crippen molar-refractivity contribution in [2.45, 2.75) is 58.4 Å². The third kappa shape index (κ3) is 3.25. The molecule has 0 amide bonds. The topological polar surface area (TPSA) is 55.7 Å². The molecule has 5 heteroatoms. The lowest BCUT2D eigenvalue weighted by atomic mass is 9.71. The van der Waals surface area contributed by atoms with Gasteiger partial charge in [-0.3, -0.25) is 4.79 Å². The monoisotopic (exact) mass is 333 g/mol. The van der Waals surface area contributed by atoms with Gasteiger partial charge in [-0.15, -0.1) is 0 Å². The molecule has 3 rings (SSSR count). The van der Waals surface area contributed by atoms with Gasteiger partial charge in [-0.2, -0.15) is 0 Å². The molecule has 24 heavy (non-hydrogen) atoms. The quantitative estimate of drug-likeness (QED) is 0.470. The SMILES string of the molecule is CC.CC1=NC(C(=O)c2cccc(F)c2)(C2CCCCC2)C(=O)O1. The van der Waals surface area contributed by atoms with Crippen LogP contribution in [0.25, 0.3) is 0 Å². The number of rotatable bonds is 3. The summed E-state index contributed by atoms with van der Waals surface area (Å²) in [5, 5.41) is 0. The number of esters is 1. The summed E-state index contributed by atoms with van der Waals surface area (Å²) in [6, 6.07) is 5.41. The standard InChI is InChI=1S/C17H18FNO3.C2H6/c1-11-19-17(16(21)22-11,13-7-3-2-4-8-13)15(20)12-6-5-9-14(18)10-12;1-2/h5-6,9-10,13H,2-4,7-8H2,1H3;1-2H3. The normalized spacial score (nSPS) is 23.8. The Bertz CT molecular complexity index is 650. The molecule has 1 unspecified atom stereocenters. The molecule has 0 saturated heterocycles. The molecule has 1 aromatic rings. The third-order valence-corrected chi connectivity index (χ3v) is 4.51. The second-order valence-electron chi connectivity index (χ2n) is 5.96. The summed E-state index contributed by atoms with van der Waals surface area (Å²) < 4.78 is 18.6. The Labute approximate surface area is 142 Å². The van der Waals surface area contributed by atoms with Gasteiger partial charge < -0.3 is 4.74 Å². The fourth-order valence-electron chi connectivity index (χ4n) is 3.49. The Morgan fingerprint density at radius 3 is 2.46 bits per heavy atom. The fraction of sp³-hybridized carbons (Fsp3) is 0.526. The van der Waals surface area contributed by atoms with Crippen molar-refractivity contribution >= 4 is 17.7 Å². The molecule has 0 spiro atoms. The molecule has 1 aliphatic carbocycles. The molecule has 0 N–H and O–H groups in total. The highest BCUT2D eigenvalue weighted by molar-refractivity contribution is 6.21. The van der Waals surface area contributed by atoms with Crippen LogP contribution in [0.1, 0.15) is 63.2 Å². The fourth-order valence-corrected chi connectivity index (χ4v) is 3.49. The molecule has 1 aliphatic heterocycles. The number of carbonyl (C=O) groups is 2. The number of ketones is 1. The predicted octanol–water partition coefficient (Wildman–Crippen LogP) is 4.33. The summed E-state index contributed by atoms with van der Waals surface area (Å²) in [6.45, 7) is 5.57. The van der Waals surface area contributed by atoms with Crippen LogP contribution >= 0.6 is 0 Å². The van der Waals surface area contributed by atoms with Crippen molar-refractivity contribution in [3.8, 4) is 0 Å². The summed E-state index contributed by atoms with van der Waals surface area (Å²) in [5.41, 5.74) is -1.36. The maximum Gasteiger partial charge on any atom is 0.349 e. The average Bonchev–Trinajstić information content (AvgIpc) is 2.92. The van der Waals surface area contributed by atoms with Gasteiger partial charge in [0.2, 0.25) is 11.3 Å². The van der Waals surface area contributed by atoms with Crippen molar-refractivity contribution in [3.63, 3.8) is 0 Å². The third-order valence-electron chi connectivity index (χ3n) is 4.51. The summed E-state index contributed by atoms with van der Waals surface area (Å²) in [4.78, 5) is 29.8. The number of benzene rings is 1. The molecule has 0 radical (unpaired) electrons. The molecule has 2 aliphatic rings. The van der Waals surface area contributed by atoms with E-state index >= 15 is 0 Å². The number of halogens is 1. The second kappa shape index (κ2) is 7.69. The summed E-state index contributed by atoms with van der Waals surface area (Å²) in [6.07, 6.45) is 4.54. The minimum absolute atomic E-state index is 0.168. The average molecular weight is 333 g/mol. The molecule has 0 aromatic heterocycles. The van der Waals surface area contributed by atoms with E-state index in [2.05, 4.69) is 4.99 Å². The minimum atomic E-state index is -1.53. The number of hydrogen-bond donors (Lipinski definition) is 0. The first-order valence-electron chi connectivity index (χ1n) is 8.63. The molecule has 4 nitrogen and oxygen atoms in total. The number of hydrogen-bond acceptors (Lipinski definition) is 4. The molecular weight excluding hydrogens is 309 g/mol. The van der Waals surface area contributed by atoms with Crippen LogP contribution in [-0.4, -0.2) is 23.2 Å². The summed E-state index contributed by atoms with van der Waals surface area (Å²) >= 11 is 0. The molecule has 1 heterocycles. The highest BCUT2D eigenvalue weighted by Gasteiger charge is 2.57. The van der Waals surface area contributed by atoms with Crippen LogP contribution in [0.5, 0.6) is 0 Å². The van der Waals surface area contributed by atoms with Gasteiger partial charge in [0.15, 0.2) is 5.90 Å². The number of ether oxygens (including phenoxy) is 1. The smallest absolute Gasteiger partial charge is 0.349 e. The number of carbonyl (C=O) groups excluding carboxylic acids is 2. The Kier molecular flexibility index (Phi) is 5.86. The van der Waals surface area contributed by atoms with E-state index in [1.807, 2.05) is 13.8 Å². The summed E-state index contributed by atoms with van der Waals surface area (Å²) in [7, 11) is 0. The zero-order valence-corrected chi connectivity index (χ0v) is 14.5. The van der Waals surface area contributed by atoms with Gasteiger partial charge in [-0.1, -0.05) is 45.2 Å². The molecule has 130 valence electrons. The van der Waals surface area contributed by atoms with Crippen LogP contribution in [0.3, 0.4) is 0 Å². The maximum absolute atomic E-state index is 13.5. The molecule has 1 atom stereocenters. The van der Waals surface area contributed by atoms with E-state index in [0.717, 1.165) is 38.2 Å². The van der Waals surface area contributed by atoms with E-state index < -0.39 is 23.1 Å². The van der Waals surface area contributed by atoms with Crippen molar-refractivity contribution in [3.05, 3.63) is 35.6 Å². The highest BCUT2D eigenvalue weighted by atomic mass is 19.1. The van der Waals surface area contributed by atoms with E-state index in [4.69, 9.17) is 4.74 Å². The number of nitrogens with zero attached hydrogens (tertiary/aromatic N) is 1. The first-order valence-corrected chi connectivity index (χ1v) is 8.63. The first-order chi connectivity index (χ1) is 11.5. The number of cyclic esters (lactones) is 1. The lowest BCUT2D eigenvalue weighted by molar-refractivity contribution is -0.139. The Morgan fingerprint density at radius 1 is 1.25 bits per heavy atom. The van der Waals surface area contributed by atoms with Gasteiger partial charge in [-0.05, 0) is 25.0 Å². The molecule has 0 bridgehead atoms. The highest BCUT2D eigenvalue weighted by Crippen LogP contribution is 2.41. The molecular formula is C19H24FNO3. The zero-order chi connectivity index (χ0) is 17.7. The zero-order valence-electron chi connectivity index (χ0n) is 14.5. The Morgan fingerprint density at radius 2 is 1.92 bits per heavy atom. The van der Waals surface area contributed by atoms with E-state index in [-0.39, 0.29) is 17.4 Å². The number of Topliss-reactive ketones (excluding diaryl/α,β-unsaturated/α-hetero) is 1. The lowest BCUT2D eigenvalue weighted by Gasteiger charge is -2.33. The van der Waals surface area contributed by atoms with E-state index in [9.17, 15) is 14.0 Å². The summed E-state index contributed by atoms with van der Waals surface area (Å²) in [5.74, 6) is -1.55. The molecule has 1 aromatic carbocycles. The van der Waals surface area contributed by atoms with Crippen molar-refractivity contribution in [1.82, 2.24) is 0 Å². The van der Waals surface area contributed by atoms with Crippen LogP contribution in [0.4, 0.5) is 4.39 Å². The van der Waals surface area contributed by atoms with Gasteiger partial charge in [0.05, 0.1) is 0 Å². The Hall–Kier alpha value is -2.04. The number of aliphatic imine (C=N–C) groups is 1. The second-order valence-corrected chi connectivity index (χ2v) is 5.96. The first kappa shape index (κ1) is 18.3. The van der Waals surface area contributed by atoms with Crippen LogP contribution in [-0.2, 0) is 9.53 Å². The Balaban J connectivity index is 0.00000100. The largest absolute Gasteiger partial charge is 0.410 e. The maximum atomic E-state index is 13.5. The van der Waals surface area contributed by atoms with E-state index in [0.29, 0.717) is 0 Å². The van der Waals surface area contributed by atoms with Gasteiger partial charge in [0.1, 0.15) is 5.82 Å². The van der Waals surface area contributed by atoms with Gasteiger partial charge in [0.25, 0.3) is 0 Å². The minimum Gasteiger partial charge on any atom is -0.410 e. The van der Waals surface area contributed by atoms with Gasteiger partial charge in [-0.25, -0.2) is 14.2 Å². The van der Waals surface area contributed by atoms with Crippen molar-refractivity contribution in [1.29, 1.82) is 0 Å². The van der Waals surface area contributed by atoms with E-state index in [1.165, 1.54) is 18.2 Å². The molecule has 1 saturated carbocycles. The van der Waals surface area contributed by atoms with Crippen LogP contribution in [0, 0.1) is 11.7 Å². The van der Waals surface area contributed by atoms with Crippen LogP contribution < -0.4 is 0 Å². The van der Waals surface area contributed by atoms with Gasteiger partial charge in [0, 0.05) is 18.4 Å². The van der Waals surface area contributed by atoms with Crippen molar-refractivity contribution in [2.75, 3.05) is 0 Å². The van der Waals surface area contributed by atoms with Crippen LogP contribution in [0.15, 0.2) is 29.3 Å². The lowest BCUT2D eigenvalue weighted by Crippen LogP contribution is -2.50. The molecule has 1 fully saturated rings. The predicted molar refractivity (Wildman–Crippen MR) is 90.6 cm³/mol. The van der Waals surface area contributed by atoms with Crippen molar-refractivity contribution in [2.24, 2.45) is 10.9 Å². The van der Waals surface area contributed by atoms with Crippen molar-refractivity contribution < 1.29 is 18.7 Å². The van der Waals surface area contributed by atoms with E-state index in [1.54, 1.807) is 6.92 Å². The van der Waals surface area contributed by atoms with Crippen LogP contribution in [0.2, 0.25) is 0 Å².